The molecule has 1 rings (SSSR count). The Morgan fingerprint density at radius 3 is 2.50 bits per heavy atom. The Balaban J connectivity index is 3.01. The fourth-order valence-electron chi connectivity index (χ4n) is 1.06. The summed E-state index contributed by atoms with van der Waals surface area (Å²) < 4.78 is 0. The van der Waals surface area contributed by atoms with Crippen LogP contribution in [0.2, 0.25) is 0 Å². The van der Waals surface area contributed by atoms with Crippen molar-refractivity contribution in [2.24, 2.45) is 0 Å². The van der Waals surface area contributed by atoms with Crippen molar-refractivity contribution in [1.82, 2.24) is 0 Å². The molecule has 72 valence electrons. The van der Waals surface area contributed by atoms with E-state index in [4.69, 9.17) is 0 Å². The molecule has 0 aliphatic heterocycles. The van der Waals surface area contributed by atoms with E-state index < -0.39 is 5.91 Å². The number of benzene rings is 1. The van der Waals surface area contributed by atoms with Gasteiger partial charge < -0.3 is 5.32 Å². The molecule has 14 heavy (non-hydrogen) atoms. The fraction of sp³-hybridized carbons (Fsp3) is 0.100. The van der Waals surface area contributed by atoms with Crippen LogP contribution in [0.15, 0.2) is 24.3 Å². The van der Waals surface area contributed by atoms with Gasteiger partial charge in [-0.1, -0.05) is 12.1 Å². The van der Waals surface area contributed by atoms with Gasteiger partial charge in [-0.2, -0.15) is 0 Å². The van der Waals surface area contributed by atoms with Gasteiger partial charge in [0.2, 0.25) is 6.29 Å². The third-order valence-corrected chi connectivity index (χ3v) is 1.67. The monoisotopic (exact) mass is 191 g/mol. The Kier molecular flexibility index (Phi) is 3.12. The van der Waals surface area contributed by atoms with E-state index in [0.717, 1.165) is 0 Å². The van der Waals surface area contributed by atoms with Crippen molar-refractivity contribution in [2.75, 3.05) is 5.32 Å². The van der Waals surface area contributed by atoms with Gasteiger partial charge in [0.15, 0.2) is 5.78 Å². The Hall–Kier alpha value is -1.97. The molecule has 1 amide bonds. The average Bonchev–Trinajstić information content (AvgIpc) is 2.18. The van der Waals surface area contributed by atoms with Crippen LogP contribution in [0.25, 0.3) is 0 Å². The molecule has 0 spiro atoms. The molecule has 0 aliphatic carbocycles. The van der Waals surface area contributed by atoms with E-state index in [1.165, 1.54) is 6.92 Å². The molecule has 0 aromatic heterocycles. The van der Waals surface area contributed by atoms with Gasteiger partial charge >= 0.3 is 0 Å². The van der Waals surface area contributed by atoms with Crippen LogP contribution in [0, 0.1) is 0 Å². The van der Waals surface area contributed by atoms with Gasteiger partial charge in [-0.05, 0) is 19.1 Å². The van der Waals surface area contributed by atoms with E-state index in [2.05, 4.69) is 5.32 Å². The first-order valence-corrected chi connectivity index (χ1v) is 4.01. The van der Waals surface area contributed by atoms with Gasteiger partial charge in [-0.15, -0.1) is 0 Å². The van der Waals surface area contributed by atoms with Gasteiger partial charge in [-0.25, -0.2) is 0 Å². The van der Waals surface area contributed by atoms with Crippen LogP contribution in [0.5, 0.6) is 0 Å². The lowest BCUT2D eigenvalue weighted by molar-refractivity contribution is -0.127. The minimum atomic E-state index is -0.765. The van der Waals surface area contributed by atoms with Crippen molar-refractivity contribution in [3.63, 3.8) is 0 Å². The molecule has 1 aromatic carbocycles. The highest BCUT2D eigenvalue weighted by Gasteiger charge is 2.07. The molecule has 0 fully saturated rings. The van der Waals surface area contributed by atoms with Gasteiger partial charge in [-0.3, -0.25) is 14.4 Å². The Bertz CT molecular complexity index is 385. The quantitative estimate of drug-likeness (QED) is 0.441. The summed E-state index contributed by atoms with van der Waals surface area (Å²) in [5.41, 5.74) is 0.750. The van der Waals surface area contributed by atoms with Gasteiger partial charge in [0.1, 0.15) is 0 Å². The van der Waals surface area contributed by atoms with Crippen LogP contribution in [0.1, 0.15) is 17.3 Å². The van der Waals surface area contributed by atoms with Crippen molar-refractivity contribution in [3.05, 3.63) is 29.8 Å². The zero-order valence-electron chi connectivity index (χ0n) is 7.61. The van der Waals surface area contributed by atoms with Crippen LogP contribution >= 0.6 is 0 Å². The topological polar surface area (TPSA) is 63.2 Å². The third kappa shape index (κ3) is 2.26. The van der Waals surface area contributed by atoms with Crippen molar-refractivity contribution >= 4 is 23.7 Å². The van der Waals surface area contributed by atoms with Gasteiger partial charge in [0.05, 0.1) is 5.69 Å². The first-order valence-electron chi connectivity index (χ1n) is 4.01. The lowest BCUT2D eigenvalue weighted by atomic mass is 10.1. The molecular weight excluding hydrogens is 182 g/mol. The van der Waals surface area contributed by atoms with Crippen LogP contribution in [0.4, 0.5) is 5.69 Å². The van der Waals surface area contributed by atoms with E-state index in [0.29, 0.717) is 11.3 Å². The number of hydrogen-bond acceptors (Lipinski definition) is 3. The van der Waals surface area contributed by atoms with Crippen molar-refractivity contribution in [2.45, 2.75) is 6.92 Å². The second kappa shape index (κ2) is 4.32. The predicted octanol–water partition coefficient (Wildman–Crippen LogP) is 1.03. The highest BCUT2D eigenvalue weighted by Crippen LogP contribution is 2.14. The van der Waals surface area contributed by atoms with Crippen LogP contribution in [-0.4, -0.2) is 18.0 Å². The normalized spacial score (nSPS) is 9.21. The van der Waals surface area contributed by atoms with Gasteiger partial charge in [0, 0.05) is 5.56 Å². The van der Waals surface area contributed by atoms with Crippen LogP contribution in [0.3, 0.4) is 0 Å². The number of carbonyl (C=O) groups is 3. The summed E-state index contributed by atoms with van der Waals surface area (Å²) in [5.74, 6) is -0.925. The predicted molar refractivity (Wildman–Crippen MR) is 51.1 cm³/mol. The average molecular weight is 191 g/mol. The van der Waals surface area contributed by atoms with Crippen LogP contribution in [-0.2, 0) is 9.59 Å². The third-order valence-electron chi connectivity index (χ3n) is 1.67. The summed E-state index contributed by atoms with van der Waals surface area (Å²) in [6.45, 7) is 1.39. The van der Waals surface area contributed by atoms with E-state index in [-0.39, 0.29) is 12.1 Å². The number of aldehydes is 1. The lowest BCUT2D eigenvalue weighted by Crippen LogP contribution is -2.14. The molecule has 0 atom stereocenters. The second-order valence-corrected chi connectivity index (χ2v) is 2.71. The minimum absolute atomic E-state index is 0.160. The number of amides is 1. The Morgan fingerprint density at radius 2 is 1.93 bits per heavy atom. The Morgan fingerprint density at radius 1 is 1.29 bits per heavy atom. The summed E-state index contributed by atoms with van der Waals surface area (Å²) in [4.78, 5) is 32.0. The lowest BCUT2D eigenvalue weighted by Gasteiger charge is -2.05. The number of nitrogens with one attached hydrogen (secondary N) is 1. The van der Waals surface area contributed by atoms with Crippen molar-refractivity contribution < 1.29 is 14.4 Å². The van der Waals surface area contributed by atoms with E-state index in [1.54, 1.807) is 24.3 Å². The summed E-state index contributed by atoms with van der Waals surface area (Å²) in [6.07, 6.45) is 0.164. The maximum Gasteiger partial charge on any atom is 0.288 e. The standard InChI is InChI=1S/C10H9NO3/c1-7(13)8-4-2-3-5-9(8)11-10(14)6-12/h2-6H,1H3,(H,11,14). The van der Waals surface area contributed by atoms with E-state index in [1.807, 2.05) is 0 Å². The number of rotatable bonds is 3. The molecule has 1 aromatic rings. The summed E-state index contributed by atoms with van der Waals surface area (Å²) in [6, 6.07) is 6.51. The minimum Gasteiger partial charge on any atom is -0.319 e. The summed E-state index contributed by atoms with van der Waals surface area (Å²) >= 11 is 0. The second-order valence-electron chi connectivity index (χ2n) is 2.71. The molecule has 4 heteroatoms. The summed E-state index contributed by atoms with van der Waals surface area (Å²) in [5, 5.41) is 2.31. The maximum absolute atomic E-state index is 11.1. The number of Topliss-reactive ketones (excluding diaryl/α,β-unsaturated/α-hetero) is 1. The molecule has 0 unspecified atom stereocenters. The molecule has 0 bridgehead atoms. The SMILES string of the molecule is CC(=O)c1ccccc1NC(=O)C=O. The number of ketones is 1. The van der Waals surface area contributed by atoms with E-state index >= 15 is 0 Å². The zero-order chi connectivity index (χ0) is 10.6. The molecule has 0 saturated heterocycles. The molecular formula is C10H9NO3. The number of anilines is 1. The van der Waals surface area contributed by atoms with Crippen molar-refractivity contribution in [3.8, 4) is 0 Å². The highest BCUT2D eigenvalue weighted by atomic mass is 16.2. The van der Waals surface area contributed by atoms with Crippen molar-refractivity contribution in [1.29, 1.82) is 0 Å². The smallest absolute Gasteiger partial charge is 0.288 e. The highest BCUT2D eigenvalue weighted by molar-refractivity contribution is 6.30. The van der Waals surface area contributed by atoms with Crippen LogP contribution < -0.4 is 5.32 Å². The first kappa shape index (κ1) is 10.1. The molecule has 0 saturated carbocycles. The summed E-state index contributed by atoms with van der Waals surface area (Å²) in [7, 11) is 0. The first-order chi connectivity index (χ1) is 6.65. The van der Waals surface area contributed by atoms with E-state index in [9.17, 15) is 14.4 Å². The zero-order valence-corrected chi connectivity index (χ0v) is 7.61. The maximum atomic E-state index is 11.1. The molecule has 4 nitrogen and oxygen atoms in total. The molecule has 0 aliphatic rings. The fourth-order valence-corrected chi connectivity index (χ4v) is 1.06. The van der Waals surface area contributed by atoms with Gasteiger partial charge in [0.25, 0.3) is 5.91 Å². The largest absolute Gasteiger partial charge is 0.319 e. The number of para-hydroxylation sites is 1. The molecule has 1 N–H and O–H groups in total. The Labute approximate surface area is 80.9 Å². The number of carbonyl (C=O) groups excluding carboxylic acids is 3. The molecule has 0 heterocycles. The number of hydrogen-bond donors (Lipinski definition) is 1. The molecule has 0 radical (unpaired) electrons.